The van der Waals surface area contributed by atoms with Crippen molar-refractivity contribution in [3.05, 3.63) is 47.7 Å². The number of hydrogen-bond acceptors (Lipinski definition) is 7. The molecule has 1 aliphatic carbocycles. The van der Waals surface area contributed by atoms with Crippen LogP contribution in [0.1, 0.15) is 72.8 Å². The lowest BCUT2D eigenvalue weighted by Crippen LogP contribution is -2.43. The van der Waals surface area contributed by atoms with E-state index in [-0.39, 0.29) is 51.9 Å². The summed E-state index contributed by atoms with van der Waals surface area (Å²) < 4.78 is 68.0. The molecule has 7 nitrogen and oxygen atoms in total. The van der Waals surface area contributed by atoms with Crippen molar-refractivity contribution in [1.82, 2.24) is 19.9 Å². The van der Waals surface area contributed by atoms with E-state index in [4.69, 9.17) is 4.74 Å². The Morgan fingerprint density at radius 3 is 2.46 bits per heavy atom. The van der Waals surface area contributed by atoms with E-state index in [1.807, 2.05) is 0 Å². The molecule has 2 aromatic carbocycles. The van der Waals surface area contributed by atoms with Crippen LogP contribution in [0.25, 0.3) is 32.9 Å². The Kier molecular flexibility index (Phi) is 9.43. The van der Waals surface area contributed by atoms with Gasteiger partial charge in [-0.15, -0.1) is 5.54 Å². The summed E-state index contributed by atoms with van der Waals surface area (Å²) in [5, 5.41) is 11.9. The lowest BCUT2D eigenvalue weighted by Gasteiger charge is -2.38. The molecule has 1 saturated carbocycles. The fourth-order valence-corrected chi connectivity index (χ4v) is 14.4. The van der Waals surface area contributed by atoms with Gasteiger partial charge in [0.1, 0.15) is 55.6 Å². The van der Waals surface area contributed by atoms with Gasteiger partial charge in [0.2, 0.25) is 0 Å². The first-order valence-corrected chi connectivity index (χ1v) is 20.6. The van der Waals surface area contributed by atoms with Gasteiger partial charge in [0.15, 0.2) is 5.82 Å². The molecule has 4 atom stereocenters. The number of phenols is 1. The molecular formula is C40H47F4N5O2Si. The first kappa shape index (κ1) is 36.4. The first-order chi connectivity index (χ1) is 24.7. The summed E-state index contributed by atoms with van der Waals surface area (Å²) in [4.78, 5) is 17.4. The van der Waals surface area contributed by atoms with E-state index < -0.39 is 43.6 Å². The van der Waals surface area contributed by atoms with E-state index in [9.17, 15) is 13.9 Å². The van der Waals surface area contributed by atoms with Gasteiger partial charge in [-0.3, -0.25) is 9.88 Å². The molecule has 0 bridgehead atoms. The van der Waals surface area contributed by atoms with Gasteiger partial charge in [-0.2, -0.15) is 9.97 Å². The van der Waals surface area contributed by atoms with E-state index in [2.05, 4.69) is 72.9 Å². The number of phenolic OH excluding ortho intramolecular Hbond substituents is 1. The number of fused-ring (bicyclic) bond motifs is 3. The molecular weight excluding hydrogens is 687 g/mol. The van der Waals surface area contributed by atoms with Gasteiger partial charge in [-0.1, -0.05) is 53.5 Å². The molecule has 7 rings (SSSR count). The number of aromatic hydroxyl groups is 1. The van der Waals surface area contributed by atoms with Crippen LogP contribution in [0.2, 0.25) is 16.6 Å². The molecule has 0 spiro atoms. The minimum atomic E-state index is -2.29. The lowest BCUT2D eigenvalue weighted by atomic mass is 9.95. The van der Waals surface area contributed by atoms with Crippen LogP contribution in [0.15, 0.2) is 30.5 Å². The number of hydrogen-bond donors (Lipinski definition) is 1. The summed E-state index contributed by atoms with van der Waals surface area (Å²) >= 11 is 0. The maximum Gasteiger partial charge on any atom is 0.319 e. The number of alkyl halides is 2. The summed E-state index contributed by atoms with van der Waals surface area (Å²) in [6.45, 7) is 14.3. The van der Waals surface area contributed by atoms with Crippen molar-refractivity contribution in [2.75, 3.05) is 31.6 Å². The third-order valence-electron chi connectivity index (χ3n) is 12.0. The third kappa shape index (κ3) is 6.07. The second-order valence-corrected chi connectivity index (χ2v) is 21.5. The monoisotopic (exact) mass is 733 g/mol. The number of nitrogens with zero attached hydrogens (tertiary/aromatic N) is 5. The highest BCUT2D eigenvalue weighted by molar-refractivity contribution is 6.90. The Balaban J connectivity index is 1.40. The molecule has 4 heterocycles. The number of anilines is 1. The molecule has 0 radical (unpaired) electrons. The van der Waals surface area contributed by atoms with Crippen LogP contribution >= 0.6 is 0 Å². The van der Waals surface area contributed by atoms with E-state index >= 15 is 8.78 Å². The van der Waals surface area contributed by atoms with Crippen molar-refractivity contribution >= 4 is 35.6 Å². The van der Waals surface area contributed by atoms with Crippen molar-refractivity contribution in [2.24, 2.45) is 0 Å². The van der Waals surface area contributed by atoms with Crippen LogP contribution in [-0.4, -0.2) is 83.7 Å². The van der Waals surface area contributed by atoms with Gasteiger partial charge in [-0.25, -0.2) is 17.6 Å². The van der Waals surface area contributed by atoms with Crippen molar-refractivity contribution in [1.29, 1.82) is 0 Å². The summed E-state index contributed by atoms with van der Waals surface area (Å²) in [6.07, 6.45) is 1.75. The van der Waals surface area contributed by atoms with Crippen LogP contribution in [-0.2, 0) is 0 Å². The number of pyridine rings is 1. The average Bonchev–Trinajstić information content (AvgIpc) is 3.56. The normalized spacial score (nSPS) is 23.2. The maximum atomic E-state index is 17.1. The highest BCUT2D eigenvalue weighted by Gasteiger charge is 2.49. The summed E-state index contributed by atoms with van der Waals surface area (Å²) in [6, 6.07) is 5.17. The quantitative estimate of drug-likeness (QED) is 0.105. The Morgan fingerprint density at radius 1 is 1.08 bits per heavy atom. The molecule has 2 aliphatic heterocycles. The Labute approximate surface area is 303 Å². The zero-order valence-corrected chi connectivity index (χ0v) is 31.9. The van der Waals surface area contributed by atoms with Crippen molar-refractivity contribution < 1.29 is 27.4 Å². The number of benzene rings is 2. The number of rotatable bonds is 9. The second-order valence-electron chi connectivity index (χ2n) is 16.0. The molecule has 0 amide bonds. The zero-order valence-electron chi connectivity index (χ0n) is 30.9. The van der Waals surface area contributed by atoms with Gasteiger partial charge in [0, 0.05) is 43.6 Å². The van der Waals surface area contributed by atoms with Crippen LogP contribution in [0.3, 0.4) is 0 Å². The Morgan fingerprint density at radius 2 is 1.79 bits per heavy atom. The van der Waals surface area contributed by atoms with Crippen LogP contribution in [0.5, 0.6) is 11.8 Å². The van der Waals surface area contributed by atoms with Gasteiger partial charge < -0.3 is 14.7 Å². The highest BCUT2D eigenvalue weighted by atomic mass is 28.3. The predicted octanol–water partition coefficient (Wildman–Crippen LogP) is 8.90. The van der Waals surface area contributed by atoms with Crippen LogP contribution in [0, 0.1) is 23.1 Å². The smallest absolute Gasteiger partial charge is 0.319 e. The molecule has 12 heteroatoms. The maximum absolute atomic E-state index is 17.1. The molecule has 2 aromatic heterocycles. The van der Waals surface area contributed by atoms with Crippen LogP contribution in [0.4, 0.5) is 23.4 Å². The van der Waals surface area contributed by atoms with Crippen molar-refractivity contribution in [3.63, 3.8) is 0 Å². The second kappa shape index (κ2) is 13.5. The predicted molar refractivity (Wildman–Crippen MR) is 200 cm³/mol. The number of ether oxygens (including phenoxy) is 1. The lowest BCUT2D eigenvalue weighted by molar-refractivity contribution is 0.107. The topological polar surface area (TPSA) is 74.6 Å². The third-order valence-corrected chi connectivity index (χ3v) is 18.3. The molecule has 2 saturated heterocycles. The molecule has 3 aliphatic rings. The number of aromatic nitrogens is 3. The zero-order chi connectivity index (χ0) is 37.3. The molecule has 3 fully saturated rings. The van der Waals surface area contributed by atoms with Crippen molar-refractivity contribution in [2.45, 2.75) is 108 Å². The SMILES string of the molecule is CC(C)[Si](C#Cc1c(F)ccc2cc(O)cc(-c3ncc4c(N(C)[C@H]5C[C@@H]5F)nc(OC[C@@]56CCCN5C[C@H](F)C6)nc4c3F)c12)(C(C)C)C(C)C. The van der Waals surface area contributed by atoms with E-state index in [1.165, 1.54) is 30.5 Å². The fraction of sp³-hybridized carbons (Fsp3) is 0.525. The Bertz CT molecular complexity index is 2080. The van der Waals surface area contributed by atoms with Gasteiger partial charge in [0.25, 0.3) is 0 Å². The molecule has 4 aromatic rings. The molecule has 1 N–H and O–H groups in total. The van der Waals surface area contributed by atoms with E-state index in [0.29, 0.717) is 46.8 Å². The number of halogens is 4. The highest BCUT2D eigenvalue weighted by Crippen LogP contribution is 2.44. The first-order valence-electron chi connectivity index (χ1n) is 18.4. The molecule has 0 unspecified atom stereocenters. The summed E-state index contributed by atoms with van der Waals surface area (Å²) in [7, 11) is -0.602. The van der Waals surface area contributed by atoms with E-state index in [1.54, 1.807) is 11.9 Å². The van der Waals surface area contributed by atoms with Gasteiger partial charge in [-0.05, 0) is 59.6 Å². The standard InChI is InChI=1S/C40H47F4N5O2Si/c1-22(2)52(23(3)4,24(5)6)14-11-28-31(42)10-9-25-15-27(50)16-29(34(25)28)36-35(44)37-30(19-45-36)38(48(7)33-17-32(33)43)47-39(46-37)51-21-40-12-8-13-49(40)20-26(41)18-40/h9-10,15-16,19,22-24,26,32-33,50H,8,12-13,17-18,20-21H2,1-7H3/t26-,32+,33+,40+/m1/s1. The minimum Gasteiger partial charge on any atom is -0.508 e. The van der Waals surface area contributed by atoms with Gasteiger partial charge in [0.05, 0.1) is 22.5 Å². The molecule has 52 heavy (non-hydrogen) atoms. The summed E-state index contributed by atoms with van der Waals surface area (Å²) in [5.74, 6) is 1.96. The van der Waals surface area contributed by atoms with E-state index in [0.717, 1.165) is 19.4 Å². The van der Waals surface area contributed by atoms with Gasteiger partial charge >= 0.3 is 6.01 Å². The van der Waals surface area contributed by atoms with Crippen molar-refractivity contribution in [3.8, 4) is 34.5 Å². The Hall–Kier alpha value is -3.95. The average molecular weight is 734 g/mol. The summed E-state index contributed by atoms with van der Waals surface area (Å²) in [5.41, 5.74) is 4.01. The van der Waals surface area contributed by atoms with Crippen LogP contribution < -0.4 is 9.64 Å². The molecule has 276 valence electrons. The fourth-order valence-electron chi connectivity index (χ4n) is 9.24. The largest absolute Gasteiger partial charge is 0.508 e. The minimum absolute atomic E-state index is 0.110.